The summed E-state index contributed by atoms with van der Waals surface area (Å²) in [5.74, 6) is 0. The number of aliphatic hydroxyl groups is 1. The molecule has 0 rings (SSSR count). The standard InChI is InChI=1S/C15H32O4/c1-2-3-4-5-6-7-8-9-10-11-12-18-15(13-16)14-19-17/h15-17H,2-14H2,1H3. The van der Waals surface area contributed by atoms with Crippen LogP contribution in [0.2, 0.25) is 0 Å². The number of hydrogen-bond acceptors (Lipinski definition) is 4. The first-order chi connectivity index (χ1) is 9.35. The van der Waals surface area contributed by atoms with Crippen molar-refractivity contribution in [1.29, 1.82) is 0 Å². The maximum atomic E-state index is 8.90. The molecule has 1 unspecified atom stereocenters. The van der Waals surface area contributed by atoms with Gasteiger partial charge < -0.3 is 9.84 Å². The SMILES string of the molecule is CCCCCCCCCCCCOC(CO)COO. The van der Waals surface area contributed by atoms with Crippen LogP contribution in [0.5, 0.6) is 0 Å². The van der Waals surface area contributed by atoms with Gasteiger partial charge in [0.2, 0.25) is 0 Å². The highest BCUT2D eigenvalue weighted by molar-refractivity contribution is 4.53. The van der Waals surface area contributed by atoms with Crippen molar-refractivity contribution in [3.8, 4) is 0 Å². The van der Waals surface area contributed by atoms with E-state index in [4.69, 9.17) is 15.1 Å². The van der Waals surface area contributed by atoms with Crippen LogP contribution in [0, 0.1) is 0 Å². The van der Waals surface area contributed by atoms with E-state index in [-0.39, 0.29) is 13.2 Å². The van der Waals surface area contributed by atoms with E-state index < -0.39 is 6.10 Å². The molecular weight excluding hydrogens is 244 g/mol. The van der Waals surface area contributed by atoms with Crippen molar-refractivity contribution in [2.24, 2.45) is 0 Å². The lowest BCUT2D eigenvalue weighted by Gasteiger charge is -2.13. The molecule has 0 bridgehead atoms. The predicted octanol–water partition coefficient (Wildman–Crippen LogP) is 3.77. The second kappa shape index (κ2) is 15.9. The Morgan fingerprint density at radius 3 is 1.84 bits per heavy atom. The summed E-state index contributed by atoms with van der Waals surface area (Å²) in [6, 6.07) is 0. The minimum absolute atomic E-state index is 0.0360. The molecule has 0 aliphatic heterocycles. The molecule has 0 fully saturated rings. The van der Waals surface area contributed by atoms with Gasteiger partial charge in [-0.3, -0.25) is 5.26 Å². The number of rotatable bonds is 15. The Bertz CT molecular complexity index is 164. The first kappa shape index (κ1) is 18.8. The molecule has 0 spiro atoms. The lowest BCUT2D eigenvalue weighted by atomic mass is 10.1. The molecule has 0 aromatic rings. The maximum Gasteiger partial charge on any atom is 0.110 e. The summed E-state index contributed by atoms with van der Waals surface area (Å²) in [5, 5.41) is 17.2. The van der Waals surface area contributed by atoms with Crippen molar-refractivity contribution < 1.29 is 20.0 Å². The third-order valence-corrected chi connectivity index (χ3v) is 3.32. The van der Waals surface area contributed by atoms with Gasteiger partial charge in [-0.25, -0.2) is 4.89 Å². The molecule has 4 nitrogen and oxygen atoms in total. The number of hydrogen-bond donors (Lipinski definition) is 2. The molecular formula is C15H32O4. The summed E-state index contributed by atoms with van der Waals surface area (Å²) in [4.78, 5) is 3.96. The molecule has 0 aromatic heterocycles. The van der Waals surface area contributed by atoms with E-state index in [1.54, 1.807) is 0 Å². The van der Waals surface area contributed by atoms with Crippen LogP contribution in [0.4, 0.5) is 0 Å². The van der Waals surface area contributed by atoms with Gasteiger partial charge in [0.15, 0.2) is 0 Å². The van der Waals surface area contributed by atoms with Crippen LogP contribution in [-0.2, 0) is 9.62 Å². The Kier molecular flexibility index (Phi) is 15.8. The fraction of sp³-hybridized carbons (Fsp3) is 1.00. The zero-order valence-electron chi connectivity index (χ0n) is 12.5. The molecule has 0 aromatic carbocycles. The van der Waals surface area contributed by atoms with Gasteiger partial charge in [0, 0.05) is 6.61 Å². The highest BCUT2D eigenvalue weighted by atomic mass is 17.1. The Morgan fingerprint density at radius 1 is 0.842 bits per heavy atom. The van der Waals surface area contributed by atoms with Crippen molar-refractivity contribution >= 4 is 0 Å². The Balaban J connectivity index is 3.09. The van der Waals surface area contributed by atoms with Crippen molar-refractivity contribution in [1.82, 2.24) is 0 Å². The molecule has 0 saturated heterocycles. The number of ether oxygens (including phenoxy) is 1. The van der Waals surface area contributed by atoms with E-state index in [0.29, 0.717) is 6.61 Å². The van der Waals surface area contributed by atoms with Gasteiger partial charge >= 0.3 is 0 Å². The summed E-state index contributed by atoms with van der Waals surface area (Å²) in [7, 11) is 0. The molecule has 2 N–H and O–H groups in total. The quantitative estimate of drug-likeness (QED) is 0.271. The number of aliphatic hydroxyl groups excluding tert-OH is 1. The van der Waals surface area contributed by atoms with E-state index >= 15 is 0 Å². The minimum atomic E-state index is -0.399. The molecule has 4 heteroatoms. The second-order valence-corrected chi connectivity index (χ2v) is 5.15. The van der Waals surface area contributed by atoms with Gasteiger partial charge in [-0.05, 0) is 6.42 Å². The summed E-state index contributed by atoms with van der Waals surface area (Å²) >= 11 is 0. The van der Waals surface area contributed by atoms with E-state index in [1.165, 1.54) is 57.8 Å². The fourth-order valence-corrected chi connectivity index (χ4v) is 2.08. The highest BCUT2D eigenvalue weighted by Gasteiger charge is 2.06. The van der Waals surface area contributed by atoms with Crippen LogP contribution in [0.25, 0.3) is 0 Å². The third-order valence-electron chi connectivity index (χ3n) is 3.32. The summed E-state index contributed by atoms with van der Waals surface area (Å²) in [6.45, 7) is 2.80. The highest BCUT2D eigenvalue weighted by Crippen LogP contribution is 2.10. The van der Waals surface area contributed by atoms with Crippen molar-refractivity contribution in [3.63, 3.8) is 0 Å². The van der Waals surface area contributed by atoms with Gasteiger partial charge in [0.1, 0.15) is 12.7 Å². The van der Waals surface area contributed by atoms with E-state index in [0.717, 1.165) is 6.42 Å². The molecule has 0 heterocycles. The van der Waals surface area contributed by atoms with Crippen LogP contribution in [-0.4, -0.2) is 36.3 Å². The molecule has 19 heavy (non-hydrogen) atoms. The first-order valence-electron chi connectivity index (χ1n) is 7.84. The Hall–Kier alpha value is -0.160. The van der Waals surface area contributed by atoms with Crippen LogP contribution in [0.3, 0.4) is 0 Å². The van der Waals surface area contributed by atoms with Crippen molar-refractivity contribution in [3.05, 3.63) is 0 Å². The molecule has 0 amide bonds. The largest absolute Gasteiger partial charge is 0.394 e. The van der Waals surface area contributed by atoms with E-state index in [2.05, 4.69) is 11.8 Å². The lowest BCUT2D eigenvalue weighted by Crippen LogP contribution is -2.23. The van der Waals surface area contributed by atoms with Crippen molar-refractivity contribution in [2.45, 2.75) is 77.2 Å². The molecule has 0 aliphatic rings. The van der Waals surface area contributed by atoms with Crippen LogP contribution in [0.1, 0.15) is 71.1 Å². The first-order valence-corrected chi connectivity index (χ1v) is 7.84. The summed E-state index contributed by atoms with van der Waals surface area (Å²) in [5.41, 5.74) is 0. The predicted molar refractivity (Wildman–Crippen MR) is 77.3 cm³/mol. The van der Waals surface area contributed by atoms with Gasteiger partial charge in [-0.2, -0.15) is 0 Å². The Labute approximate surface area is 118 Å². The maximum absolute atomic E-state index is 8.90. The smallest absolute Gasteiger partial charge is 0.110 e. The molecule has 0 radical (unpaired) electrons. The van der Waals surface area contributed by atoms with Gasteiger partial charge in [0.25, 0.3) is 0 Å². The number of unbranched alkanes of at least 4 members (excludes halogenated alkanes) is 9. The minimum Gasteiger partial charge on any atom is -0.394 e. The third kappa shape index (κ3) is 14.1. The zero-order valence-corrected chi connectivity index (χ0v) is 12.5. The van der Waals surface area contributed by atoms with Crippen LogP contribution in [0.15, 0.2) is 0 Å². The zero-order chi connectivity index (χ0) is 14.2. The van der Waals surface area contributed by atoms with Crippen LogP contribution < -0.4 is 0 Å². The average molecular weight is 276 g/mol. The molecule has 0 aliphatic carbocycles. The van der Waals surface area contributed by atoms with E-state index in [9.17, 15) is 0 Å². The van der Waals surface area contributed by atoms with Gasteiger partial charge in [0.05, 0.1) is 6.61 Å². The lowest BCUT2D eigenvalue weighted by molar-refractivity contribution is -0.262. The van der Waals surface area contributed by atoms with Crippen LogP contribution >= 0.6 is 0 Å². The normalized spacial score (nSPS) is 12.8. The molecule has 116 valence electrons. The summed E-state index contributed by atoms with van der Waals surface area (Å²) in [6.07, 6.45) is 12.5. The average Bonchev–Trinajstić information content (AvgIpc) is 2.43. The van der Waals surface area contributed by atoms with Gasteiger partial charge in [-0.1, -0.05) is 64.7 Å². The molecule has 0 saturated carbocycles. The molecule has 1 atom stereocenters. The Morgan fingerprint density at radius 2 is 1.37 bits per heavy atom. The summed E-state index contributed by atoms with van der Waals surface area (Å²) < 4.78 is 5.37. The fourth-order valence-electron chi connectivity index (χ4n) is 2.08. The van der Waals surface area contributed by atoms with E-state index in [1.807, 2.05) is 0 Å². The second-order valence-electron chi connectivity index (χ2n) is 5.15. The van der Waals surface area contributed by atoms with Crippen molar-refractivity contribution in [2.75, 3.05) is 19.8 Å². The van der Waals surface area contributed by atoms with Gasteiger partial charge in [-0.15, -0.1) is 0 Å². The topological polar surface area (TPSA) is 58.9 Å². The monoisotopic (exact) mass is 276 g/mol.